The predicted molar refractivity (Wildman–Crippen MR) is 300 cm³/mol. The van der Waals surface area contributed by atoms with Gasteiger partial charge >= 0.3 is 8.56 Å². The van der Waals surface area contributed by atoms with Crippen LogP contribution < -0.4 is 0 Å². The lowest BCUT2D eigenvalue weighted by atomic mass is 10.1. The van der Waals surface area contributed by atoms with E-state index in [4.69, 9.17) is 16.5 Å². The first-order chi connectivity index (χ1) is 31.8. The Morgan fingerprint density at radius 2 is 0.913 bits per heavy atom. The predicted octanol–water partition coefficient (Wildman–Crippen LogP) is 12.9. The summed E-state index contributed by atoms with van der Waals surface area (Å²) >= 11 is 0. The Morgan fingerprint density at radius 1 is 0.536 bits per heavy atom. The SMILES string of the molecule is C=CC[Si](C)(C)C[Si](C)(Cn1cc(-c2ccc([N+](=O)[O-])cc2)nn1)O[Si](C)(C)CCC[Si](C)(C)O[Si](C)(C)CCC[Si](C)(C)O[Si](C)(Cn1cc(-c2ccc([N+](=O)[O-])cc2)nn1)O[Si](C)(C)CC=C. The van der Waals surface area contributed by atoms with Crippen LogP contribution in [0, 0.1) is 20.2 Å². The monoisotopic (exact) mass is 1080 g/mol. The average molecular weight is 1090 g/mol. The van der Waals surface area contributed by atoms with Gasteiger partial charge in [0.2, 0.25) is 0 Å². The summed E-state index contributed by atoms with van der Waals surface area (Å²) < 4.78 is 32.7. The van der Waals surface area contributed by atoms with Gasteiger partial charge in [0.15, 0.2) is 49.9 Å². The Labute approximate surface area is 419 Å². The van der Waals surface area contributed by atoms with Crippen molar-refractivity contribution in [3.05, 3.63) is 106 Å². The highest BCUT2D eigenvalue weighted by molar-refractivity contribution is 6.96. The van der Waals surface area contributed by atoms with Gasteiger partial charge in [0.25, 0.3) is 11.4 Å². The fraction of sp³-hybridized carbons (Fsp3) is 0.556. The molecule has 0 amide bonds. The smallest absolute Gasteiger partial charge is 0.336 e. The molecule has 0 saturated carbocycles. The van der Waals surface area contributed by atoms with Gasteiger partial charge in [0, 0.05) is 35.4 Å². The largest absolute Gasteiger partial charge is 0.455 e. The fourth-order valence-electron chi connectivity index (χ4n) is 9.90. The van der Waals surface area contributed by atoms with E-state index in [0.29, 0.717) is 23.7 Å². The minimum absolute atomic E-state index is 0.0322. The summed E-state index contributed by atoms with van der Waals surface area (Å²) in [6.45, 7) is 40.8. The maximum Gasteiger partial charge on any atom is 0.336 e. The molecule has 0 aliphatic rings. The molecule has 24 heteroatoms. The first-order valence-electron chi connectivity index (χ1n) is 24.1. The molecule has 2 unspecified atom stereocenters. The molecule has 0 fully saturated rings. The number of hydrogen-bond acceptors (Lipinski definition) is 12. The molecule has 380 valence electrons. The Bertz CT molecular complexity index is 2200. The summed E-state index contributed by atoms with van der Waals surface area (Å²) in [5.74, 6) is 0. The summed E-state index contributed by atoms with van der Waals surface area (Å²) in [7, 11) is -17.3. The van der Waals surface area contributed by atoms with Crippen molar-refractivity contribution in [1.29, 1.82) is 0 Å². The van der Waals surface area contributed by atoms with E-state index in [0.717, 1.165) is 65.9 Å². The zero-order valence-corrected chi connectivity index (χ0v) is 52.0. The standard InChI is InChI=1S/C45H80N8O8Si8/c1-17-29-62(3,4)39-68(15,37-50-35-44(46-48-50)40-21-25-42(26-22-40)52(54)55)59-66(11,12)33-19-31-64(7,8)58-65(9,10)32-20-34-67(13,14)61-69(16,60-63(5,6)30-18-2)38-51-36-45(47-49-51)41-23-27-43(28-24-41)53(56)57/h17-18,21-28,35-36H,1-2,19-20,29-34,37-39H2,3-16H3. The highest BCUT2D eigenvalue weighted by Crippen LogP contribution is 2.34. The third kappa shape index (κ3) is 19.3. The van der Waals surface area contributed by atoms with Crippen molar-refractivity contribution in [3.63, 3.8) is 0 Å². The quantitative estimate of drug-likeness (QED) is 0.0209. The van der Waals surface area contributed by atoms with E-state index < -0.39 is 76.4 Å². The molecule has 0 spiro atoms. The van der Waals surface area contributed by atoms with E-state index in [1.54, 1.807) is 24.3 Å². The van der Waals surface area contributed by atoms with Crippen molar-refractivity contribution >= 4 is 77.9 Å². The number of benzene rings is 2. The molecule has 2 heterocycles. The van der Waals surface area contributed by atoms with Crippen molar-refractivity contribution in [1.82, 2.24) is 30.0 Å². The Morgan fingerprint density at radius 3 is 1.32 bits per heavy atom. The second kappa shape index (κ2) is 23.4. The molecule has 0 radical (unpaired) electrons. The molecule has 0 N–H and O–H groups in total. The van der Waals surface area contributed by atoms with Crippen molar-refractivity contribution in [2.24, 2.45) is 0 Å². The van der Waals surface area contributed by atoms with Gasteiger partial charge in [-0.15, -0.1) is 23.4 Å². The molecule has 16 nitrogen and oxygen atoms in total. The summed E-state index contributed by atoms with van der Waals surface area (Å²) in [4.78, 5) is 21.6. The van der Waals surface area contributed by atoms with Crippen molar-refractivity contribution in [3.8, 4) is 22.5 Å². The zero-order valence-electron chi connectivity index (χ0n) is 44.0. The van der Waals surface area contributed by atoms with Gasteiger partial charge in [-0.3, -0.25) is 24.9 Å². The van der Waals surface area contributed by atoms with Gasteiger partial charge in [-0.1, -0.05) is 48.5 Å². The van der Waals surface area contributed by atoms with Crippen LogP contribution in [-0.2, 0) is 28.8 Å². The third-order valence-electron chi connectivity index (χ3n) is 12.1. The van der Waals surface area contributed by atoms with Crippen molar-refractivity contribution in [2.75, 3.05) is 0 Å². The summed E-state index contributed by atoms with van der Waals surface area (Å²) in [5, 5.41) is 40.3. The van der Waals surface area contributed by atoms with E-state index in [2.05, 4.69) is 132 Å². The lowest BCUT2D eigenvalue weighted by molar-refractivity contribution is -0.385. The minimum Gasteiger partial charge on any atom is -0.455 e. The Kier molecular flexibility index (Phi) is 19.7. The van der Waals surface area contributed by atoms with Crippen LogP contribution in [0.15, 0.2) is 86.2 Å². The maximum atomic E-state index is 11.2. The molecular formula is C45H80N8O8Si8. The maximum absolute atomic E-state index is 11.2. The highest BCUT2D eigenvalue weighted by Gasteiger charge is 2.45. The van der Waals surface area contributed by atoms with Crippen LogP contribution in [0.3, 0.4) is 0 Å². The van der Waals surface area contributed by atoms with Gasteiger partial charge in [-0.2, -0.15) is 0 Å². The molecule has 0 aliphatic carbocycles. The number of nitro groups is 2. The number of nitrogens with zero attached hydrogens (tertiary/aromatic N) is 8. The second-order valence-electron chi connectivity index (χ2n) is 23.0. The Balaban J connectivity index is 1.36. The molecule has 2 aromatic heterocycles. The molecule has 2 aromatic carbocycles. The third-order valence-corrected chi connectivity index (χ3v) is 46.2. The van der Waals surface area contributed by atoms with E-state index >= 15 is 0 Å². The van der Waals surface area contributed by atoms with Gasteiger partial charge in [0.1, 0.15) is 11.4 Å². The first kappa shape index (κ1) is 58.1. The van der Waals surface area contributed by atoms with E-state index in [-0.39, 0.29) is 11.4 Å². The summed E-state index contributed by atoms with van der Waals surface area (Å²) in [6, 6.07) is 18.9. The second-order valence-corrected chi connectivity index (χ2v) is 58.3. The van der Waals surface area contributed by atoms with Crippen LogP contribution in [0.1, 0.15) is 12.8 Å². The number of aromatic nitrogens is 6. The number of non-ortho nitro benzene ring substituents is 2. The number of nitro benzene ring substituents is 2. The molecule has 4 rings (SSSR count). The molecule has 2 atom stereocenters. The molecule has 69 heavy (non-hydrogen) atoms. The van der Waals surface area contributed by atoms with Gasteiger partial charge < -0.3 is 16.5 Å². The first-order valence-corrected chi connectivity index (χ1v) is 48.4. The van der Waals surface area contributed by atoms with Crippen LogP contribution in [0.5, 0.6) is 0 Å². The zero-order chi connectivity index (χ0) is 51.7. The average Bonchev–Trinajstić information content (AvgIpc) is 3.85. The summed E-state index contributed by atoms with van der Waals surface area (Å²) in [5.41, 5.74) is 4.05. The van der Waals surface area contributed by atoms with E-state index in [9.17, 15) is 20.2 Å². The van der Waals surface area contributed by atoms with Gasteiger partial charge in [-0.05, 0) is 145 Å². The van der Waals surface area contributed by atoms with E-state index in [1.165, 1.54) is 24.3 Å². The number of allylic oxidation sites excluding steroid dienone is 2. The molecule has 0 aliphatic heterocycles. The van der Waals surface area contributed by atoms with Gasteiger partial charge in [0.05, 0.1) is 42.7 Å². The number of rotatable bonds is 30. The van der Waals surface area contributed by atoms with Crippen LogP contribution in [-0.4, -0.2) is 106 Å². The lowest BCUT2D eigenvalue weighted by Gasteiger charge is -2.41. The molecule has 0 bridgehead atoms. The van der Waals surface area contributed by atoms with Crippen LogP contribution in [0.25, 0.3) is 22.5 Å². The van der Waals surface area contributed by atoms with Crippen molar-refractivity contribution < 1.29 is 26.3 Å². The molecule has 4 aromatic rings. The van der Waals surface area contributed by atoms with Crippen molar-refractivity contribution in [2.45, 2.75) is 159 Å². The normalized spacial score (nSPS) is 14.8. The van der Waals surface area contributed by atoms with Gasteiger partial charge in [-0.25, -0.2) is 4.68 Å². The lowest BCUT2D eigenvalue weighted by Crippen LogP contribution is -2.56. The highest BCUT2D eigenvalue weighted by atomic mass is 28.5. The minimum atomic E-state index is -2.84. The van der Waals surface area contributed by atoms with Crippen LogP contribution in [0.2, 0.25) is 134 Å². The molecule has 0 saturated heterocycles. The topological polar surface area (TPSA) is 185 Å². The van der Waals surface area contributed by atoms with Crippen LogP contribution in [0.4, 0.5) is 11.4 Å². The Hall–Kier alpha value is -3.42. The molecular weight excluding hydrogens is 1010 g/mol. The fourth-order valence-corrected chi connectivity index (χ4v) is 51.8. The number of hydrogen-bond donors (Lipinski definition) is 0. The van der Waals surface area contributed by atoms with Crippen LogP contribution >= 0.6 is 0 Å². The summed E-state index contributed by atoms with van der Waals surface area (Å²) in [6.07, 6.45) is 11.1. The van der Waals surface area contributed by atoms with E-state index in [1.807, 2.05) is 27.8 Å².